The van der Waals surface area contributed by atoms with Gasteiger partial charge in [-0.05, 0) is 30.8 Å². The van der Waals surface area contributed by atoms with Crippen LogP contribution in [0.15, 0.2) is 11.6 Å². The van der Waals surface area contributed by atoms with E-state index in [0.717, 1.165) is 31.3 Å². The third kappa shape index (κ3) is 2.47. The van der Waals surface area contributed by atoms with Gasteiger partial charge < -0.3 is 0 Å². The standard InChI is InChI=1S/C11H18O/c1-3-9(2)8-10-6-4-5-7-11(10)12/h6,9H,3-5,7-8H2,1-2H3. The van der Waals surface area contributed by atoms with Crippen molar-refractivity contribution in [1.29, 1.82) is 0 Å². The monoisotopic (exact) mass is 166 g/mol. The van der Waals surface area contributed by atoms with E-state index < -0.39 is 0 Å². The number of carbonyl (C=O) groups is 1. The maximum atomic E-state index is 11.4. The van der Waals surface area contributed by atoms with Crippen molar-refractivity contribution in [3.63, 3.8) is 0 Å². The molecule has 1 unspecified atom stereocenters. The molecule has 0 N–H and O–H groups in total. The molecule has 68 valence electrons. The van der Waals surface area contributed by atoms with E-state index in [0.29, 0.717) is 11.7 Å². The highest BCUT2D eigenvalue weighted by atomic mass is 16.1. The van der Waals surface area contributed by atoms with Crippen molar-refractivity contribution in [2.75, 3.05) is 0 Å². The summed E-state index contributed by atoms with van der Waals surface area (Å²) >= 11 is 0. The fourth-order valence-electron chi connectivity index (χ4n) is 1.53. The predicted molar refractivity (Wildman–Crippen MR) is 51.0 cm³/mol. The minimum Gasteiger partial charge on any atom is -0.295 e. The molecule has 0 bridgehead atoms. The molecule has 0 aromatic heterocycles. The smallest absolute Gasteiger partial charge is 0.158 e. The summed E-state index contributed by atoms with van der Waals surface area (Å²) in [7, 11) is 0. The normalized spacial score (nSPS) is 20.5. The van der Waals surface area contributed by atoms with Gasteiger partial charge in [-0.1, -0.05) is 26.3 Å². The van der Waals surface area contributed by atoms with Gasteiger partial charge in [0.25, 0.3) is 0 Å². The lowest BCUT2D eigenvalue weighted by molar-refractivity contribution is -0.116. The van der Waals surface area contributed by atoms with Crippen LogP contribution in [0.5, 0.6) is 0 Å². The van der Waals surface area contributed by atoms with Gasteiger partial charge in [0, 0.05) is 6.42 Å². The van der Waals surface area contributed by atoms with Crippen LogP contribution in [0.3, 0.4) is 0 Å². The number of rotatable bonds is 3. The molecule has 0 heterocycles. The first kappa shape index (κ1) is 9.50. The van der Waals surface area contributed by atoms with Crippen molar-refractivity contribution in [2.24, 2.45) is 5.92 Å². The van der Waals surface area contributed by atoms with Crippen LogP contribution >= 0.6 is 0 Å². The summed E-state index contributed by atoms with van der Waals surface area (Å²) in [5.74, 6) is 1.06. The topological polar surface area (TPSA) is 17.1 Å². The molecule has 1 aliphatic rings. The van der Waals surface area contributed by atoms with Crippen LogP contribution in [-0.4, -0.2) is 5.78 Å². The minimum atomic E-state index is 0.390. The highest BCUT2D eigenvalue weighted by Gasteiger charge is 2.14. The summed E-state index contributed by atoms with van der Waals surface area (Å²) < 4.78 is 0. The second-order valence-corrected chi connectivity index (χ2v) is 3.76. The zero-order valence-corrected chi connectivity index (χ0v) is 8.10. The van der Waals surface area contributed by atoms with Gasteiger partial charge in [-0.15, -0.1) is 0 Å². The first-order valence-corrected chi connectivity index (χ1v) is 4.96. The van der Waals surface area contributed by atoms with E-state index in [-0.39, 0.29) is 0 Å². The molecule has 0 aromatic carbocycles. The molecule has 1 heteroatoms. The van der Waals surface area contributed by atoms with Gasteiger partial charge in [-0.3, -0.25) is 4.79 Å². The largest absolute Gasteiger partial charge is 0.295 e. The fourth-order valence-corrected chi connectivity index (χ4v) is 1.53. The third-order valence-electron chi connectivity index (χ3n) is 2.62. The second kappa shape index (κ2) is 4.44. The molecule has 0 aliphatic heterocycles. The van der Waals surface area contributed by atoms with E-state index in [1.165, 1.54) is 6.42 Å². The first-order valence-electron chi connectivity index (χ1n) is 4.96. The van der Waals surface area contributed by atoms with Crippen molar-refractivity contribution < 1.29 is 4.79 Å². The van der Waals surface area contributed by atoms with Crippen molar-refractivity contribution in [2.45, 2.75) is 46.0 Å². The zero-order chi connectivity index (χ0) is 8.97. The molecule has 12 heavy (non-hydrogen) atoms. The number of allylic oxidation sites excluding steroid dienone is 2. The molecule has 0 fully saturated rings. The van der Waals surface area contributed by atoms with Crippen LogP contribution in [0.25, 0.3) is 0 Å². The second-order valence-electron chi connectivity index (χ2n) is 3.76. The molecule has 1 atom stereocenters. The molecule has 0 radical (unpaired) electrons. The Balaban J connectivity index is 2.49. The Kier molecular flexibility index (Phi) is 3.51. The van der Waals surface area contributed by atoms with E-state index in [1.54, 1.807) is 0 Å². The van der Waals surface area contributed by atoms with Gasteiger partial charge in [0.15, 0.2) is 5.78 Å². The Morgan fingerprint density at radius 3 is 2.92 bits per heavy atom. The van der Waals surface area contributed by atoms with Crippen LogP contribution in [0.2, 0.25) is 0 Å². The summed E-state index contributed by atoms with van der Waals surface area (Å²) in [4.78, 5) is 11.4. The molecule has 0 aromatic rings. The SMILES string of the molecule is CCC(C)CC1=CCCCC1=O. The Morgan fingerprint density at radius 2 is 2.33 bits per heavy atom. The third-order valence-corrected chi connectivity index (χ3v) is 2.62. The molecule has 1 nitrogen and oxygen atoms in total. The maximum Gasteiger partial charge on any atom is 0.158 e. The fraction of sp³-hybridized carbons (Fsp3) is 0.727. The molecule has 0 saturated carbocycles. The van der Waals surface area contributed by atoms with Gasteiger partial charge in [0.1, 0.15) is 0 Å². The highest BCUT2D eigenvalue weighted by molar-refractivity contribution is 5.95. The van der Waals surface area contributed by atoms with Crippen LogP contribution in [-0.2, 0) is 4.79 Å². The molecule has 0 spiro atoms. The minimum absolute atomic E-state index is 0.390. The van der Waals surface area contributed by atoms with Gasteiger partial charge in [-0.2, -0.15) is 0 Å². The van der Waals surface area contributed by atoms with Crippen LogP contribution in [0.4, 0.5) is 0 Å². The highest BCUT2D eigenvalue weighted by Crippen LogP contribution is 2.21. The number of hydrogen-bond acceptors (Lipinski definition) is 1. The van der Waals surface area contributed by atoms with Crippen LogP contribution < -0.4 is 0 Å². The summed E-state index contributed by atoms with van der Waals surface area (Å²) in [5, 5.41) is 0. The van der Waals surface area contributed by atoms with E-state index in [1.807, 2.05) is 0 Å². The number of Topliss-reactive ketones (excluding diaryl/α,β-unsaturated/α-hetero) is 1. The average molecular weight is 166 g/mol. The van der Waals surface area contributed by atoms with Gasteiger partial charge >= 0.3 is 0 Å². The van der Waals surface area contributed by atoms with Crippen molar-refractivity contribution in [3.05, 3.63) is 11.6 Å². The molecular formula is C11H18O. The molecule has 1 aliphatic carbocycles. The van der Waals surface area contributed by atoms with Gasteiger partial charge in [-0.25, -0.2) is 0 Å². The lowest BCUT2D eigenvalue weighted by Crippen LogP contribution is -2.09. The van der Waals surface area contributed by atoms with Crippen LogP contribution in [0, 0.1) is 5.92 Å². The van der Waals surface area contributed by atoms with Crippen molar-refractivity contribution in [3.8, 4) is 0 Å². The van der Waals surface area contributed by atoms with Crippen LogP contribution in [0.1, 0.15) is 46.0 Å². The summed E-state index contributed by atoms with van der Waals surface area (Å²) in [6.07, 6.45) is 7.25. The Morgan fingerprint density at radius 1 is 1.58 bits per heavy atom. The Hall–Kier alpha value is -0.590. The Bertz CT molecular complexity index is 191. The predicted octanol–water partition coefficient (Wildman–Crippen LogP) is 3.10. The summed E-state index contributed by atoms with van der Waals surface area (Å²) in [6.45, 7) is 4.39. The average Bonchev–Trinajstić information content (AvgIpc) is 2.09. The maximum absolute atomic E-state index is 11.4. The number of hydrogen-bond donors (Lipinski definition) is 0. The summed E-state index contributed by atoms with van der Waals surface area (Å²) in [6, 6.07) is 0. The van der Waals surface area contributed by atoms with E-state index in [2.05, 4.69) is 19.9 Å². The molecule has 0 amide bonds. The number of carbonyl (C=O) groups excluding carboxylic acids is 1. The van der Waals surface area contributed by atoms with Gasteiger partial charge in [0.05, 0.1) is 0 Å². The van der Waals surface area contributed by atoms with E-state index >= 15 is 0 Å². The lowest BCUT2D eigenvalue weighted by Gasteiger charge is -2.14. The lowest BCUT2D eigenvalue weighted by atomic mass is 9.90. The van der Waals surface area contributed by atoms with Crippen molar-refractivity contribution in [1.82, 2.24) is 0 Å². The summed E-state index contributed by atoms with van der Waals surface area (Å²) in [5.41, 5.74) is 1.09. The molecule has 1 rings (SSSR count). The quantitative estimate of drug-likeness (QED) is 0.629. The molecular weight excluding hydrogens is 148 g/mol. The zero-order valence-electron chi connectivity index (χ0n) is 8.10. The van der Waals surface area contributed by atoms with E-state index in [4.69, 9.17) is 0 Å². The molecule has 0 saturated heterocycles. The van der Waals surface area contributed by atoms with Crippen molar-refractivity contribution >= 4 is 5.78 Å². The number of ketones is 1. The van der Waals surface area contributed by atoms with E-state index in [9.17, 15) is 4.79 Å². The first-order chi connectivity index (χ1) is 5.74. The van der Waals surface area contributed by atoms with Gasteiger partial charge in [0.2, 0.25) is 0 Å². The Labute approximate surface area is 74.9 Å².